The number of phenols is 1. The molecule has 0 saturated carbocycles. The Hall–Kier alpha value is -2.61. The van der Waals surface area contributed by atoms with Gasteiger partial charge >= 0.3 is 5.69 Å². The third kappa shape index (κ3) is 3.29. The summed E-state index contributed by atoms with van der Waals surface area (Å²) in [6, 6.07) is 4.22. The van der Waals surface area contributed by atoms with Gasteiger partial charge in [-0.25, -0.2) is 0 Å². The van der Waals surface area contributed by atoms with Gasteiger partial charge in [0.15, 0.2) is 0 Å². The van der Waals surface area contributed by atoms with Crippen molar-refractivity contribution in [3.63, 3.8) is 0 Å². The number of hydrogen-bond donors (Lipinski definition) is 2. The Morgan fingerprint density at radius 2 is 2.29 bits per heavy atom. The van der Waals surface area contributed by atoms with Gasteiger partial charge in [0.2, 0.25) is 5.91 Å². The van der Waals surface area contributed by atoms with Crippen LogP contribution in [0.1, 0.15) is 5.69 Å². The number of amides is 1. The second-order valence-corrected chi connectivity index (χ2v) is 4.68. The number of benzene rings is 1. The molecule has 2 rings (SSSR count). The Morgan fingerprint density at radius 1 is 1.57 bits per heavy atom. The highest BCUT2D eigenvalue weighted by molar-refractivity contribution is 6.31. The average molecular weight is 311 g/mol. The van der Waals surface area contributed by atoms with Gasteiger partial charge in [-0.3, -0.25) is 19.6 Å². The number of phenolic OH excluding ortho intramolecular Hbond substituents is 1. The molecular formula is C12H11ClN4O4. The van der Waals surface area contributed by atoms with Crippen LogP contribution >= 0.6 is 11.6 Å². The molecule has 2 aromatic rings. The number of halogens is 1. The van der Waals surface area contributed by atoms with Crippen LogP contribution in [-0.2, 0) is 11.3 Å². The second kappa shape index (κ2) is 5.80. The molecule has 1 amide bonds. The van der Waals surface area contributed by atoms with E-state index >= 15 is 0 Å². The Balaban J connectivity index is 2.12. The van der Waals surface area contributed by atoms with Gasteiger partial charge in [-0.2, -0.15) is 5.10 Å². The van der Waals surface area contributed by atoms with Crippen molar-refractivity contribution < 1.29 is 14.8 Å². The molecule has 110 valence electrons. The van der Waals surface area contributed by atoms with E-state index in [1.807, 2.05) is 0 Å². The van der Waals surface area contributed by atoms with E-state index in [0.29, 0.717) is 5.02 Å². The third-order valence-corrected chi connectivity index (χ3v) is 3.04. The largest absolute Gasteiger partial charge is 0.506 e. The van der Waals surface area contributed by atoms with Gasteiger partial charge in [0.1, 0.15) is 24.2 Å². The molecule has 0 bridgehead atoms. The fourth-order valence-electron chi connectivity index (χ4n) is 1.71. The van der Waals surface area contributed by atoms with Crippen LogP contribution in [0.25, 0.3) is 0 Å². The molecule has 1 heterocycles. The molecule has 0 spiro atoms. The van der Waals surface area contributed by atoms with Crippen LogP contribution in [0.4, 0.5) is 11.4 Å². The highest BCUT2D eigenvalue weighted by Gasteiger charge is 2.18. The molecule has 0 radical (unpaired) electrons. The normalized spacial score (nSPS) is 10.4. The maximum absolute atomic E-state index is 11.9. The monoisotopic (exact) mass is 310 g/mol. The van der Waals surface area contributed by atoms with Gasteiger partial charge in [-0.1, -0.05) is 11.6 Å². The fraction of sp³-hybridized carbons (Fsp3) is 0.167. The molecule has 0 unspecified atom stereocenters. The summed E-state index contributed by atoms with van der Waals surface area (Å²) in [7, 11) is 0. The van der Waals surface area contributed by atoms with Crippen LogP contribution in [0.5, 0.6) is 5.75 Å². The lowest BCUT2D eigenvalue weighted by molar-refractivity contribution is -0.385. The Labute approximate surface area is 124 Å². The molecule has 0 fully saturated rings. The first kappa shape index (κ1) is 14.8. The molecule has 2 N–H and O–H groups in total. The van der Waals surface area contributed by atoms with E-state index in [9.17, 15) is 20.0 Å². The SMILES string of the molecule is Cc1c([N+](=O)[O-])cnn1CC(=O)Nc1cc(Cl)ccc1O. The van der Waals surface area contributed by atoms with Gasteiger partial charge < -0.3 is 10.4 Å². The number of rotatable bonds is 4. The fourth-order valence-corrected chi connectivity index (χ4v) is 1.88. The summed E-state index contributed by atoms with van der Waals surface area (Å²) in [6.07, 6.45) is 1.08. The number of nitrogens with one attached hydrogen (secondary N) is 1. The van der Waals surface area contributed by atoms with Crippen molar-refractivity contribution in [3.05, 3.63) is 45.2 Å². The van der Waals surface area contributed by atoms with E-state index < -0.39 is 10.8 Å². The van der Waals surface area contributed by atoms with Crippen LogP contribution in [0, 0.1) is 17.0 Å². The first-order chi connectivity index (χ1) is 9.88. The van der Waals surface area contributed by atoms with Crippen molar-refractivity contribution in [1.29, 1.82) is 0 Å². The van der Waals surface area contributed by atoms with Crippen molar-refractivity contribution in [2.75, 3.05) is 5.32 Å². The summed E-state index contributed by atoms with van der Waals surface area (Å²) in [5.74, 6) is -0.621. The van der Waals surface area contributed by atoms with E-state index in [0.717, 1.165) is 6.20 Å². The number of hydrogen-bond acceptors (Lipinski definition) is 5. The van der Waals surface area contributed by atoms with Gasteiger partial charge in [-0.05, 0) is 25.1 Å². The zero-order chi connectivity index (χ0) is 15.6. The van der Waals surface area contributed by atoms with Crippen molar-refractivity contribution in [2.24, 2.45) is 0 Å². The van der Waals surface area contributed by atoms with E-state index in [2.05, 4.69) is 10.4 Å². The second-order valence-electron chi connectivity index (χ2n) is 4.24. The molecule has 1 aromatic carbocycles. The van der Waals surface area contributed by atoms with Crippen molar-refractivity contribution in [2.45, 2.75) is 13.5 Å². The minimum absolute atomic E-state index is 0.129. The van der Waals surface area contributed by atoms with Gasteiger partial charge in [0.25, 0.3) is 0 Å². The lowest BCUT2D eigenvalue weighted by atomic mass is 10.3. The zero-order valence-corrected chi connectivity index (χ0v) is 11.7. The number of aromatic nitrogens is 2. The van der Waals surface area contributed by atoms with E-state index in [1.165, 1.54) is 29.8 Å². The van der Waals surface area contributed by atoms with Gasteiger partial charge in [0, 0.05) is 5.02 Å². The Kier molecular flexibility index (Phi) is 4.08. The van der Waals surface area contributed by atoms with E-state index in [4.69, 9.17) is 11.6 Å². The molecule has 1 aromatic heterocycles. The summed E-state index contributed by atoms with van der Waals surface area (Å²) in [5.41, 5.74) is 0.269. The smallest absolute Gasteiger partial charge is 0.309 e. The van der Waals surface area contributed by atoms with Gasteiger partial charge in [-0.15, -0.1) is 0 Å². The maximum atomic E-state index is 11.9. The first-order valence-corrected chi connectivity index (χ1v) is 6.21. The maximum Gasteiger partial charge on any atom is 0.309 e. The molecule has 0 atom stereocenters. The summed E-state index contributed by atoms with van der Waals surface area (Å²) in [6.45, 7) is 1.28. The first-order valence-electron chi connectivity index (χ1n) is 5.83. The van der Waals surface area contributed by atoms with Crippen LogP contribution in [0.15, 0.2) is 24.4 Å². The number of carbonyl (C=O) groups is 1. The third-order valence-electron chi connectivity index (χ3n) is 2.80. The average Bonchev–Trinajstić information content (AvgIpc) is 2.75. The molecule has 0 saturated heterocycles. The molecule has 8 nitrogen and oxygen atoms in total. The number of nitrogens with zero attached hydrogens (tertiary/aromatic N) is 3. The number of carbonyl (C=O) groups excluding carboxylic acids is 1. The van der Waals surface area contributed by atoms with Crippen LogP contribution in [0.2, 0.25) is 5.02 Å². The highest BCUT2D eigenvalue weighted by Crippen LogP contribution is 2.26. The molecule has 0 aliphatic rings. The molecule has 0 aliphatic heterocycles. The summed E-state index contributed by atoms with van der Waals surface area (Å²) in [4.78, 5) is 22.0. The minimum atomic E-state index is -0.570. The predicted molar refractivity (Wildman–Crippen MR) is 75.4 cm³/mol. The summed E-state index contributed by atoms with van der Waals surface area (Å²) >= 11 is 5.77. The van der Waals surface area contributed by atoms with Crippen LogP contribution < -0.4 is 5.32 Å². The number of anilines is 1. The minimum Gasteiger partial charge on any atom is -0.506 e. The topological polar surface area (TPSA) is 110 Å². The lowest BCUT2D eigenvalue weighted by Crippen LogP contribution is -2.20. The number of aromatic hydroxyl groups is 1. The van der Waals surface area contributed by atoms with Crippen LogP contribution in [0.3, 0.4) is 0 Å². The number of nitro groups is 1. The van der Waals surface area contributed by atoms with Crippen molar-refractivity contribution in [1.82, 2.24) is 9.78 Å². The lowest BCUT2D eigenvalue weighted by Gasteiger charge is -2.08. The van der Waals surface area contributed by atoms with E-state index in [-0.39, 0.29) is 29.4 Å². The molecular weight excluding hydrogens is 300 g/mol. The summed E-state index contributed by atoms with van der Waals surface area (Å²) < 4.78 is 1.20. The van der Waals surface area contributed by atoms with Gasteiger partial charge in [0.05, 0.1) is 10.6 Å². The van der Waals surface area contributed by atoms with E-state index in [1.54, 1.807) is 0 Å². The molecule has 9 heteroatoms. The highest BCUT2D eigenvalue weighted by atomic mass is 35.5. The van der Waals surface area contributed by atoms with Crippen molar-refractivity contribution in [3.8, 4) is 5.75 Å². The standard InChI is InChI=1S/C12H11ClN4O4/c1-7-10(17(20)21)5-14-16(7)6-12(19)15-9-4-8(13)2-3-11(9)18/h2-5,18H,6H2,1H3,(H,15,19). The molecule has 21 heavy (non-hydrogen) atoms. The Morgan fingerprint density at radius 3 is 2.90 bits per heavy atom. The molecule has 0 aliphatic carbocycles. The Bertz CT molecular complexity index is 713. The quantitative estimate of drug-likeness (QED) is 0.510. The zero-order valence-electron chi connectivity index (χ0n) is 10.9. The summed E-state index contributed by atoms with van der Waals surface area (Å²) in [5, 5.41) is 26.9. The predicted octanol–water partition coefficient (Wildman–Crippen LogP) is 2.10. The van der Waals surface area contributed by atoms with Crippen molar-refractivity contribution >= 4 is 28.9 Å². The van der Waals surface area contributed by atoms with Crippen LogP contribution in [-0.4, -0.2) is 25.7 Å².